The molecule has 1 atom stereocenters. The van der Waals surface area contributed by atoms with Crippen LogP contribution in [0.2, 0.25) is 0 Å². The summed E-state index contributed by atoms with van der Waals surface area (Å²) in [4.78, 5) is 31.0. The fraction of sp³-hybridized carbons (Fsp3) is 0.286. The van der Waals surface area contributed by atoms with Crippen LogP contribution in [-0.4, -0.2) is 28.4 Å². The van der Waals surface area contributed by atoms with Crippen molar-refractivity contribution in [2.24, 2.45) is 7.05 Å². The number of thiophene rings is 1. The Hall–Kier alpha value is -2.93. The van der Waals surface area contributed by atoms with E-state index in [0.717, 1.165) is 10.4 Å². The molecule has 0 bridgehead atoms. The third kappa shape index (κ3) is 4.67. The highest BCUT2D eigenvalue weighted by molar-refractivity contribution is 7.14. The van der Waals surface area contributed by atoms with Gasteiger partial charge in [0.15, 0.2) is 5.78 Å². The van der Waals surface area contributed by atoms with Crippen molar-refractivity contribution in [2.45, 2.75) is 25.8 Å². The maximum Gasteiger partial charge on any atom is 0.221 e. The smallest absolute Gasteiger partial charge is 0.221 e. The van der Waals surface area contributed by atoms with Crippen molar-refractivity contribution in [1.82, 2.24) is 14.9 Å². The average Bonchev–Trinajstić information content (AvgIpc) is 3.32. The molecule has 0 aliphatic carbocycles. The van der Waals surface area contributed by atoms with E-state index in [4.69, 9.17) is 4.74 Å². The third-order valence-corrected chi connectivity index (χ3v) is 5.49. The third-order valence-electron chi connectivity index (χ3n) is 4.44. The van der Waals surface area contributed by atoms with Crippen molar-refractivity contribution in [2.75, 3.05) is 7.11 Å². The first-order valence-corrected chi connectivity index (χ1v) is 9.79. The normalized spacial score (nSPS) is 11.8. The van der Waals surface area contributed by atoms with Crippen LogP contribution >= 0.6 is 11.3 Å². The van der Waals surface area contributed by atoms with E-state index in [9.17, 15) is 9.59 Å². The molecule has 3 rings (SSSR count). The number of Topliss-reactive ketones (excluding diaryl/α,β-unsaturated/α-hetero) is 1. The standard InChI is InChI=1S/C21H23N3O3S/c1-14-7-9-18(28-14)17(25)8-10-19(26)23-20(21-22-11-12-24(21)2)15-5-4-6-16(13-15)27-3/h4-7,9,11-13,20H,8,10H2,1-3H3,(H,23,26). The number of nitrogens with one attached hydrogen (secondary N) is 1. The van der Waals surface area contributed by atoms with Crippen LogP contribution in [0.1, 0.15) is 44.8 Å². The molecule has 0 saturated carbocycles. The number of ketones is 1. The first-order valence-electron chi connectivity index (χ1n) is 8.98. The molecule has 0 radical (unpaired) electrons. The Morgan fingerprint density at radius 3 is 2.71 bits per heavy atom. The molecule has 3 aromatic rings. The second-order valence-corrected chi connectivity index (χ2v) is 7.79. The molecule has 146 valence electrons. The first-order chi connectivity index (χ1) is 13.5. The molecule has 0 spiro atoms. The molecular weight excluding hydrogens is 374 g/mol. The van der Waals surface area contributed by atoms with Crippen molar-refractivity contribution in [1.29, 1.82) is 0 Å². The number of rotatable bonds is 8. The van der Waals surface area contributed by atoms with Gasteiger partial charge >= 0.3 is 0 Å². The largest absolute Gasteiger partial charge is 0.497 e. The molecule has 6 nitrogen and oxygen atoms in total. The molecule has 0 aliphatic rings. The van der Waals surface area contributed by atoms with Crippen LogP contribution in [0.5, 0.6) is 5.75 Å². The van der Waals surface area contributed by atoms with Gasteiger partial charge < -0.3 is 14.6 Å². The zero-order valence-corrected chi connectivity index (χ0v) is 17.0. The second-order valence-electron chi connectivity index (χ2n) is 6.51. The van der Waals surface area contributed by atoms with Crippen LogP contribution in [0.3, 0.4) is 0 Å². The predicted octanol–water partition coefficient (Wildman–Crippen LogP) is 3.67. The van der Waals surface area contributed by atoms with Gasteiger partial charge in [-0.05, 0) is 36.8 Å². The molecule has 2 aromatic heterocycles. The van der Waals surface area contributed by atoms with Crippen molar-refractivity contribution < 1.29 is 14.3 Å². The van der Waals surface area contributed by atoms with E-state index in [1.165, 1.54) is 11.3 Å². The molecule has 1 aromatic carbocycles. The average molecular weight is 398 g/mol. The topological polar surface area (TPSA) is 73.2 Å². The summed E-state index contributed by atoms with van der Waals surface area (Å²) in [6, 6.07) is 10.8. The Bertz CT molecular complexity index is 977. The Kier molecular flexibility index (Phi) is 6.26. The van der Waals surface area contributed by atoms with E-state index in [1.807, 2.05) is 61.1 Å². The number of amides is 1. The molecular formula is C21H23N3O3S. The van der Waals surface area contributed by atoms with E-state index in [1.54, 1.807) is 13.3 Å². The summed E-state index contributed by atoms with van der Waals surface area (Å²) in [5, 5.41) is 3.01. The summed E-state index contributed by atoms with van der Waals surface area (Å²) >= 11 is 1.45. The lowest BCUT2D eigenvalue weighted by Gasteiger charge is -2.19. The minimum atomic E-state index is -0.429. The van der Waals surface area contributed by atoms with Gasteiger partial charge in [-0.15, -0.1) is 11.3 Å². The predicted molar refractivity (Wildman–Crippen MR) is 109 cm³/mol. The maximum absolute atomic E-state index is 12.6. The van der Waals surface area contributed by atoms with Gasteiger partial charge in [-0.1, -0.05) is 12.1 Å². The molecule has 0 fully saturated rings. The van der Waals surface area contributed by atoms with Crippen molar-refractivity contribution in [3.05, 3.63) is 69.9 Å². The minimum absolute atomic E-state index is 0.0110. The van der Waals surface area contributed by atoms with E-state index >= 15 is 0 Å². The number of ether oxygens (including phenoxy) is 1. The van der Waals surface area contributed by atoms with E-state index < -0.39 is 6.04 Å². The highest BCUT2D eigenvalue weighted by Crippen LogP contribution is 2.24. The minimum Gasteiger partial charge on any atom is -0.497 e. The molecule has 0 saturated heterocycles. The fourth-order valence-electron chi connectivity index (χ4n) is 2.94. The van der Waals surface area contributed by atoms with Gasteiger partial charge in [-0.25, -0.2) is 4.98 Å². The first kappa shape index (κ1) is 19.8. The number of imidazole rings is 1. The number of benzene rings is 1. The van der Waals surface area contributed by atoms with Gasteiger partial charge in [0.05, 0.1) is 12.0 Å². The lowest BCUT2D eigenvalue weighted by molar-refractivity contribution is -0.121. The van der Waals surface area contributed by atoms with E-state index in [-0.39, 0.29) is 24.5 Å². The maximum atomic E-state index is 12.6. The summed E-state index contributed by atoms with van der Waals surface area (Å²) in [6.45, 7) is 1.96. The Morgan fingerprint density at radius 2 is 2.07 bits per heavy atom. The van der Waals surface area contributed by atoms with Gasteiger partial charge in [-0.2, -0.15) is 0 Å². The van der Waals surface area contributed by atoms with Gasteiger partial charge in [0, 0.05) is 37.2 Å². The Labute approximate surface area is 168 Å². The molecule has 7 heteroatoms. The molecule has 1 unspecified atom stereocenters. The summed E-state index contributed by atoms with van der Waals surface area (Å²) in [5.74, 6) is 1.21. The van der Waals surface area contributed by atoms with E-state index in [2.05, 4.69) is 10.3 Å². The second kappa shape index (κ2) is 8.84. The van der Waals surface area contributed by atoms with Crippen molar-refractivity contribution in [3.8, 4) is 5.75 Å². The molecule has 2 heterocycles. The zero-order valence-electron chi connectivity index (χ0n) is 16.1. The number of nitrogens with zero attached hydrogens (tertiary/aromatic N) is 2. The van der Waals surface area contributed by atoms with Gasteiger partial charge in [0.2, 0.25) is 5.91 Å². The summed E-state index contributed by atoms with van der Waals surface area (Å²) in [5.41, 5.74) is 0.863. The lowest BCUT2D eigenvalue weighted by Crippen LogP contribution is -2.31. The molecule has 1 N–H and O–H groups in total. The van der Waals surface area contributed by atoms with Crippen LogP contribution < -0.4 is 10.1 Å². The summed E-state index contributed by atoms with van der Waals surface area (Å²) in [6.07, 6.45) is 3.83. The summed E-state index contributed by atoms with van der Waals surface area (Å²) < 4.78 is 7.17. The number of carbonyl (C=O) groups is 2. The number of carbonyl (C=O) groups excluding carboxylic acids is 2. The van der Waals surface area contributed by atoms with Crippen LogP contribution in [0, 0.1) is 6.92 Å². The zero-order chi connectivity index (χ0) is 20.1. The van der Waals surface area contributed by atoms with Crippen LogP contribution in [-0.2, 0) is 11.8 Å². The number of hydrogen-bond acceptors (Lipinski definition) is 5. The van der Waals surface area contributed by atoms with Gasteiger partial charge in [0.1, 0.15) is 17.6 Å². The molecule has 28 heavy (non-hydrogen) atoms. The SMILES string of the molecule is COc1cccc(C(NC(=O)CCC(=O)c2ccc(C)s2)c2nccn2C)c1. The molecule has 0 aliphatic heterocycles. The van der Waals surface area contributed by atoms with Gasteiger partial charge in [0.25, 0.3) is 0 Å². The van der Waals surface area contributed by atoms with Crippen LogP contribution in [0.4, 0.5) is 0 Å². The highest BCUT2D eigenvalue weighted by Gasteiger charge is 2.22. The highest BCUT2D eigenvalue weighted by atomic mass is 32.1. The van der Waals surface area contributed by atoms with Crippen molar-refractivity contribution >= 4 is 23.0 Å². The number of aromatic nitrogens is 2. The summed E-state index contributed by atoms with van der Waals surface area (Å²) in [7, 11) is 3.48. The lowest BCUT2D eigenvalue weighted by atomic mass is 10.0. The fourth-order valence-corrected chi connectivity index (χ4v) is 3.78. The van der Waals surface area contributed by atoms with E-state index in [0.29, 0.717) is 16.5 Å². The quantitative estimate of drug-likeness (QED) is 0.589. The monoisotopic (exact) mass is 397 g/mol. The van der Waals surface area contributed by atoms with Gasteiger partial charge in [-0.3, -0.25) is 9.59 Å². The van der Waals surface area contributed by atoms with Crippen molar-refractivity contribution in [3.63, 3.8) is 0 Å². The molecule has 1 amide bonds. The van der Waals surface area contributed by atoms with Crippen LogP contribution in [0.25, 0.3) is 0 Å². The number of aryl methyl sites for hydroxylation is 2. The Balaban J connectivity index is 1.73. The van der Waals surface area contributed by atoms with Crippen LogP contribution in [0.15, 0.2) is 48.8 Å². The number of methoxy groups -OCH3 is 1. The number of hydrogen-bond donors (Lipinski definition) is 1. The Morgan fingerprint density at radius 1 is 1.25 bits per heavy atom.